The zero-order chi connectivity index (χ0) is 46.1. The third-order valence-electron chi connectivity index (χ3n) is 11.9. The number of rotatable bonds is 15. The van der Waals surface area contributed by atoms with E-state index in [-0.39, 0.29) is 65.6 Å². The van der Waals surface area contributed by atoms with Crippen molar-refractivity contribution < 1.29 is 39.0 Å². The Kier molecular flexibility index (Phi) is 15.6. The Morgan fingerprint density at radius 3 is 2.16 bits per heavy atom. The van der Waals surface area contributed by atoms with Crippen LogP contribution in [0.15, 0.2) is 109 Å². The highest BCUT2D eigenvalue weighted by molar-refractivity contribution is 6.30. The zero-order valence-electron chi connectivity index (χ0n) is 36.1. The van der Waals surface area contributed by atoms with Gasteiger partial charge in [-0.05, 0) is 96.6 Å². The molecular weight excluding hydrogens is 832 g/mol. The quantitative estimate of drug-likeness (QED) is 0.0589. The van der Waals surface area contributed by atoms with E-state index in [1.807, 2.05) is 24.3 Å². The van der Waals surface area contributed by atoms with Crippen LogP contribution in [0.3, 0.4) is 0 Å². The van der Waals surface area contributed by atoms with Crippen LogP contribution < -0.4 is 11.1 Å². The van der Waals surface area contributed by atoms with Crippen molar-refractivity contribution in [3.63, 3.8) is 0 Å². The van der Waals surface area contributed by atoms with Crippen LogP contribution in [0.1, 0.15) is 90.4 Å². The molecule has 5 atom stereocenters. The number of phenols is 2. The third kappa shape index (κ3) is 11.4. The molecule has 64 heavy (non-hydrogen) atoms. The van der Waals surface area contributed by atoms with Gasteiger partial charge in [0, 0.05) is 72.0 Å². The van der Waals surface area contributed by atoms with E-state index in [0.29, 0.717) is 47.5 Å². The number of fused-ring (bicyclic) bond motifs is 5. The largest absolute Gasteiger partial charge is 0.507 e. The fraction of sp³-hybridized carbons (Fsp3) is 0.314. The number of hydrogen-bond donors (Lipinski definition) is 4. The van der Waals surface area contributed by atoms with Crippen LogP contribution in [-0.2, 0) is 25.6 Å². The fourth-order valence-electron chi connectivity index (χ4n) is 8.19. The number of aromatic hydroxyl groups is 2. The van der Waals surface area contributed by atoms with Crippen molar-refractivity contribution in [2.45, 2.75) is 70.9 Å². The van der Waals surface area contributed by atoms with Gasteiger partial charge in [-0.3, -0.25) is 33.8 Å². The minimum Gasteiger partial charge on any atom is -0.507 e. The number of carbonyl (C=O) groups is 6. The molecule has 1 aliphatic heterocycles. The number of amides is 2. The molecule has 332 valence electrons. The molecule has 1 aliphatic rings. The first-order valence-electron chi connectivity index (χ1n) is 21.5. The predicted molar refractivity (Wildman–Crippen MR) is 245 cm³/mol. The lowest BCUT2D eigenvalue weighted by Crippen LogP contribution is -2.46. The van der Waals surface area contributed by atoms with E-state index in [4.69, 9.17) is 17.3 Å². The number of nitrogens with two attached hydrogens (primary N) is 1. The average Bonchev–Trinajstić information content (AvgIpc) is 3.29. The number of unbranched alkanes of at least 4 members (excludes halogenated alkanes) is 1. The van der Waals surface area contributed by atoms with Gasteiger partial charge in [0.25, 0.3) is 0 Å². The molecule has 5 aromatic rings. The minimum atomic E-state index is -1.28. The summed E-state index contributed by atoms with van der Waals surface area (Å²) in [6.45, 7) is 3.56. The summed E-state index contributed by atoms with van der Waals surface area (Å²) in [6, 6.07) is 26.0. The molecule has 5 N–H and O–H groups in total. The second-order valence-electron chi connectivity index (χ2n) is 16.7. The van der Waals surface area contributed by atoms with Crippen LogP contribution in [0.4, 0.5) is 0 Å². The van der Waals surface area contributed by atoms with E-state index in [1.54, 1.807) is 68.4 Å². The molecule has 0 spiro atoms. The molecule has 4 bridgehead atoms. The highest BCUT2D eigenvalue weighted by Crippen LogP contribution is 2.40. The lowest BCUT2D eigenvalue weighted by atomic mass is 9.87. The number of likely N-dealkylation sites (N-methyl/N-ethyl adjacent to an activating group) is 1. The summed E-state index contributed by atoms with van der Waals surface area (Å²) in [6.07, 6.45) is 2.26. The molecule has 0 saturated carbocycles. The summed E-state index contributed by atoms with van der Waals surface area (Å²) in [7, 11) is 1.48. The predicted octanol–water partition coefficient (Wildman–Crippen LogP) is 8.11. The lowest BCUT2D eigenvalue weighted by molar-refractivity contribution is -0.142. The number of nitrogens with zero attached hydrogens (tertiary/aromatic N) is 2. The first kappa shape index (κ1) is 47.0. The van der Waals surface area contributed by atoms with Crippen LogP contribution in [-0.4, -0.2) is 74.7 Å². The monoisotopic (exact) mass is 884 g/mol. The zero-order valence-corrected chi connectivity index (χ0v) is 36.9. The maximum absolute atomic E-state index is 14.7. The van der Waals surface area contributed by atoms with E-state index < -0.39 is 53.2 Å². The molecule has 13 heteroatoms. The number of Topliss-reactive ketones (excluding diaryl/α,β-unsaturated/α-hetero) is 4. The molecule has 4 aromatic carbocycles. The summed E-state index contributed by atoms with van der Waals surface area (Å²) in [4.78, 5) is 89.6. The Bertz CT molecular complexity index is 2510. The molecule has 0 radical (unpaired) electrons. The van der Waals surface area contributed by atoms with E-state index in [0.717, 1.165) is 11.1 Å². The van der Waals surface area contributed by atoms with Crippen molar-refractivity contribution in [2.24, 2.45) is 23.5 Å². The van der Waals surface area contributed by atoms with Gasteiger partial charge < -0.3 is 26.2 Å². The number of benzene rings is 4. The van der Waals surface area contributed by atoms with Crippen molar-refractivity contribution >= 4 is 46.5 Å². The van der Waals surface area contributed by atoms with Crippen LogP contribution >= 0.6 is 11.6 Å². The molecule has 0 unspecified atom stereocenters. The van der Waals surface area contributed by atoms with Crippen LogP contribution in [0.25, 0.3) is 22.3 Å². The van der Waals surface area contributed by atoms with Gasteiger partial charge in [0.2, 0.25) is 11.8 Å². The Balaban J connectivity index is 1.31. The minimum absolute atomic E-state index is 0.0138. The van der Waals surface area contributed by atoms with Crippen molar-refractivity contribution in [3.8, 4) is 33.8 Å². The van der Waals surface area contributed by atoms with Gasteiger partial charge >= 0.3 is 0 Å². The second-order valence-corrected chi connectivity index (χ2v) is 17.1. The summed E-state index contributed by atoms with van der Waals surface area (Å²) in [5, 5.41) is 25.8. The summed E-state index contributed by atoms with van der Waals surface area (Å²) >= 11 is 6.06. The number of aromatic nitrogens is 1. The number of ketones is 4. The molecule has 2 heterocycles. The normalized spacial score (nSPS) is 17.4. The van der Waals surface area contributed by atoms with Crippen molar-refractivity contribution in [1.82, 2.24) is 15.2 Å². The topological polar surface area (TPSA) is 197 Å². The lowest BCUT2D eigenvalue weighted by Gasteiger charge is -2.32. The molecule has 0 aliphatic carbocycles. The maximum atomic E-state index is 14.7. The molecular formula is C51H53ClN4O8. The number of phenolic OH excluding ortho intramolecular Hbond substituents is 2. The highest BCUT2D eigenvalue weighted by Gasteiger charge is 2.36. The van der Waals surface area contributed by atoms with Crippen molar-refractivity contribution in [3.05, 3.63) is 137 Å². The smallest absolute Gasteiger partial charge is 0.226 e. The van der Waals surface area contributed by atoms with Crippen molar-refractivity contribution in [1.29, 1.82) is 0 Å². The number of halogens is 1. The van der Waals surface area contributed by atoms with Gasteiger partial charge in [-0.25, -0.2) is 0 Å². The van der Waals surface area contributed by atoms with Gasteiger partial charge in [0.15, 0.2) is 23.1 Å². The Hall–Kier alpha value is -6.50. The Morgan fingerprint density at radius 2 is 1.50 bits per heavy atom. The fourth-order valence-corrected chi connectivity index (χ4v) is 8.31. The van der Waals surface area contributed by atoms with Gasteiger partial charge in [0.1, 0.15) is 23.2 Å². The van der Waals surface area contributed by atoms with Crippen LogP contribution in [0, 0.1) is 17.8 Å². The van der Waals surface area contributed by atoms with Crippen LogP contribution in [0.2, 0.25) is 5.02 Å². The van der Waals surface area contributed by atoms with E-state index in [9.17, 15) is 39.0 Å². The maximum Gasteiger partial charge on any atom is 0.226 e. The summed E-state index contributed by atoms with van der Waals surface area (Å²) in [5.74, 6) is -5.56. The van der Waals surface area contributed by atoms with Gasteiger partial charge in [0.05, 0.1) is 6.04 Å². The SMILES string of the molecule is C[C@@H]1CC(=O)[C@@H](N(C)C(=O)[C@H](CCCCN)CC(=O)c2ccc(-c3ccc(Cl)cc3)cc2)c2ccc(O)c(c2)-c2cc(ccc2O)C[C@@H](C(=O)C[C@@H](C)C(=O)c2ccccn2)NC1=O. The van der Waals surface area contributed by atoms with Gasteiger partial charge in [-0.2, -0.15) is 0 Å². The number of pyridine rings is 1. The molecule has 1 aromatic heterocycles. The Morgan fingerprint density at radius 1 is 0.844 bits per heavy atom. The van der Waals surface area contributed by atoms with Gasteiger partial charge in [-0.15, -0.1) is 0 Å². The van der Waals surface area contributed by atoms with E-state index >= 15 is 0 Å². The average molecular weight is 885 g/mol. The molecule has 0 saturated heterocycles. The number of hydrogen-bond acceptors (Lipinski definition) is 10. The molecule has 2 amide bonds. The summed E-state index contributed by atoms with van der Waals surface area (Å²) in [5.41, 5.74) is 9.46. The van der Waals surface area contributed by atoms with Crippen LogP contribution in [0.5, 0.6) is 11.5 Å². The summed E-state index contributed by atoms with van der Waals surface area (Å²) < 4.78 is 0. The molecule has 0 fully saturated rings. The van der Waals surface area contributed by atoms with E-state index in [2.05, 4.69) is 10.3 Å². The molecule has 6 rings (SSSR count). The number of nitrogens with one attached hydrogen (secondary N) is 1. The standard InChI is InChI=1S/C51H53ClN4O8/c1-30(49(62)41-9-5-7-23-54-41)24-46(60)42-27-32-10-20-43(57)39(26-32)40-28-36(17-21-44(40)58)48(47(61)25-31(2)50(63)55-42)56(3)51(64)37(8-4-6-22-53)29-45(59)35-13-11-33(12-14-35)34-15-18-38(52)19-16-34/h5,7,9-21,23,26,28,30-31,37,42,48,57-58H,4,6,8,22,24-25,27,29,53H2,1-3H3,(H,55,63)/t30-,31-,37-,42+,48+/m1/s1. The number of carbonyl (C=O) groups excluding carboxylic acids is 6. The van der Waals surface area contributed by atoms with Gasteiger partial charge in [-0.1, -0.05) is 86.5 Å². The Labute approximate surface area is 377 Å². The second kappa shape index (κ2) is 21.2. The third-order valence-corrected chi connectivity index (χ3v) is 12.1. The van der Waals surface area contributed by atoms with Crippen molar-refractivity contribution in [2.75, 3.05) is 13.6 Å². The van der Waals surface area contributed by atoms with E-state index in [1.165, 1.54) is 42.4 Å². The first-order chi connectivity index (χ1) is 30.6. The first-order valence-corrected chi connectivity index (χ1v) is 21.8. The highest BCUT2D eigenvalue weighted by atomic mass is 35.5. The molecule has 12 nitrogen and oxygen atoms in total.